The molecule has 4 heteroatoms. The third-order valence-corrected chi connectivity index (χ3v) is 4.90. The summed E-state index contributed by atoms with van der Waals surface area (Å²) in [5.74, 6) is 0.0357. The topological polar surface area (TPSA) is 57.6 Å². The fraction of sp³-hybridized carbons (Fsp3) is 0.529. The average molecular weight is 287 g/mol. The Hall–Kier alpha value is -1.84. The molecule has 1 saturated carbocycles. The number of hydrogen-bond donors (Lipinski definition) is 1. The number of aryl methyl sites for hydroxylation is 1. The molecule has 0 atom stereocenters. The lowest BCUT2D eigenvalue weighted by molar-refractivity contribution is -0.126. The van der Waals surface area contributed by atoms with Gasteiger partial charge in [-0.3, -0.25) is 14.5 Å². The Morgan fingerprint density at radius 3 is 2.38 bits per heavy atom. The van der Waals surface area contributed by atoms with Crippen molar-refractivity contribution < 1.29 is 14.7 Å². The fourth-order valence-corrected chi connectivity index (χ4v) is 3.63. The molecule has 1 saturated heterocycles. The minimum absolute atomic E-state index is 0.0421. The Labute approximate surface area is 124 Å². The standard InChI is InChI=1S/C17H21NO3/c1-12-10-13(6-7-14(12)19)18-15(20)11-17(16(18)21)8-4-2-3-5-9-17/h6-7,10,19H,2-5,8-9,11H2,1H3. The van der Waals surface area contributed by atoms with Gasteiger partial charge in [0.2, 0.25) is 11.8 Å². The number of benzene rings is 1. The first kappa shape index (κ1) is 14.1. The quantitative estimate of drug-likeness (QED) is 0.806. The fourth-order valence-electron chi connectivity index (χ4n) is 3.63. The van der Waals surface area contributed by atoms with Crippen LogP contribution in [0.25, 0.3) is 0 Å². The second-order valence-electron chi connectivity index (χ2n) is 6.38. The minimum Gasteiger partial charge on any atom is -0.508 e. The Balaban J connectivity index is 1.94. The summed E-state index contributed by atoms with van der Waals surface area (Å²) in [6.07, 6.45) is 6.36. The molecular weight excluding hydrogens is 266 g/mol. The summed E-state index contributed by atoms with van der Waals surface area (Å²) in [5.41, 5.74) is 0.788. The zero-order chi connectivity index (χ0) is 15.0. The normalized spacial score (nSPS) is 21.9. The number of imide groups is 1. The van der Waals surface area contributed by atoms with Gasteiger partial charge in [-0.15, -0.1) is 0 Å². The lowest BCUT2D eigenvalue weighted by Gasteiger charge is -2.25. The number of phenols is 1. The van der Waals surface area contributed by atoms with Crippen LogP contribution in [0.1, 0.15) is 50.5 Å². The molecule has 4 nitrogen and oxygen atoms in total. The van der Waals surface area contributed by atoms with Gasteiger partial charge in [0.1, 0.15) is 5.75 Å². The average Bonchev–Trinajstić information content (AvgIpc) is 2.61. The molecule has 1 aromatic carbocycles. The molecular formula is C17H21NO3. The highest BCUT2D eigenvalue weighted by Crippen LogP contribution is 2.45. The monoisotopic (exact) mass is 287 g/mol. The number of nitrogens with zero attached hydrogens (tertiary/aromatic N) is 1. The van der Waals surface area contributed by atoms with E-state index in [2.05, 4.69) is 0 Å². The summed E-state index contributed by atoms with van der Waals surface area (Å²) in [6.45, 7) is 1.77. The first-order chi connectivity index (χ1) is 10.0. The SMILES string of the molecule is Cc1cc(N2C(=O)CC3(CCCCCC3)C2=O)ccc1O. The molecule has 112 valence electrons. The minimum atomic E-state index is -0.473. The summed E-state index contributed by atoms with van der Waals surface area (Å²) in [6, 6.07) is 4.90. The lowest BCUT2D eigenvalue weighted by Crippen LogP contribution is -2.35. The summed E-state index contributed by atoms with van der Waals surface area (Å²) in [5, 5.41) is 9.61. The van der Waals surface area contributed by atoms with Gasteiger partial charge in [-0.05, 0) is 43.5 Å². The van der Waals surface area contributed by atoms with E-state index in [1.54, 1.807) is 25.1 Å². The zero-order valence-electron chi connectivity index (χ0n) is 12.4. The van der Waals surface area contributed by atoms with E-state index in [1.165, 1.54) is 4.90 Å². The van der Waals surface area contributed by atoms with Crippen molar-refractivity contribution in [2.24, 2.45) is 5.41 Å². The molecule has 2 fully saturated rings. The van der Waals surface area contributed by atoms with Gasteiger partial charge >= 0.3 is 0 Å². The zero-order valence-corrected chi connectivity index (χ0v) is 12.4. The molecule has 21 heavy (non-hydrogen) atoms. The molecule has 2 aliphatic rings. The molecule has 0 bridgehead atoms. The van der Waals surface area contributed by atoms with Crippen molar-refractivity contribution in [3.05, 3.63) is 23.8 Å². The van der Waals surface area contributed by atoms with E-state index in [0.717, 1.165) is 38.5 Å². The number of phenolic OH excluding ortho intramolecular Hbond substituents is 1. The van der Waals surface area contributed by atoms with Gasteiger partial charge in [-0.1, -0.05) is 25.7 Å². The second-order valence-corrected chi connectivity index (χ2v) is 6.38. The number of carbonyl (C=O) groups is 2. The van der Waals surface area contributed by atoms with Crippen molar-refractivity contribution in [2.45, 2.75) is 51.9 Å². The van der Waals surface area contributed by atoms with E-state index >= 15 is 0 Å². The number of amides is 2. The van der Waals surface area contributed by atoms with E-state index in [0.29, 0.717) is 17.7 Å². The van der Waals surface area contributed by atoms with Crippen LogP contribution < -0.4 is 4.90 Å². The van der Waals surface area contributed by atoms with Crippen LogP contribution in [0.3, 0.4) is 0 Å². The maximum Gasteiger partial charge on any atom is 0.240 e. The predicted octanol–water partition coefficient (Wildman–Crippen LogP) is 3.30. The van der Waals surface area contributed by atoms with Crippen LogP contribution in [-0.4, -0.2) is 16.9 Å². The second kappa shape index (κ2) is 5.17. The van der Waals surface area contributed by atoms with Gasteiger partial charge in [0.15, 0.2) is 0 Å². The molecule has 1 aromatic rings. The largest absolute Gasteiger partial charge is 0.508 e. The van der Waals surface area contributed by atoms with Crippen LogP contribution >= 0.6 is 0 Å². The van der Waals surface area contributed by atoms with Crippen LogP contribution in [0.15, 0.2) is 18.2 Å². The number of carbonyl (C=O) groups excluding carboxylic acids is 2. The van der Waals surface area contributed by atoms with Crippen LogP contribution in [0.4, 0.5) is 5.69 Å². The van der Waals surface area contributed by atoms with Crippen LogP contribution in [0.5, 0.6) is 5.75 Å². The molecule has 3 rings (SSSR count). The summed E-state index contributed by atoms with van der Waals surface area (Å²) in [4.78, 5) is 26.6. The molecule has 1 spiro atoms. The molecule has 0 radical (unpaired) electrons. The third-order valence-electron chi connectivity index (χ3n) is 4.90. The first-order valence-corrected chi connectivity index (χ1v) is 7.70. The number of aromatic hydroxyl groups is 1. The van der Waals surface area contributed by atoms with Crippen molar-refractivity contribution in [1.29, 1.82) is 0 Å². The molecule has 2 amide bonds. The number of rotatable bonds is 1. The van der Waals surface area contributed by atoms with Gasteiger partial charge in [0, 0.05) is 6.42 Å². The lowest BCUT2D eigenvalue weighted by atomic mass is 9.79. The van der Waals surface area contributed by atoms with Crippen molar-refractivity contribution in [2.75, 3.05) is 4.90 Å². The van der Waals surface area contributed by atoms with E-state index < -0.39 is 5.41 Å². The number of hydrogen-bond acceptors (Lipinski definition) is 3. The van der Waals surface area contributed by atoms with E-state index in [-0.39, 0.29) is 17.6 Å². The highest BCUT2D eigenvalue weighted by molar-refractivity contribution is 6.22. The van der Waals surface area contributed by atoms with Gasteiger partial charge < -0.3 is 5.11 Å². The van der Waals surface area contributed by atoms with Crippen molar-refractivity contribution in [1.82, 2.24) is 0 Å². The summed E-state index contributed by atoms with van der Waals surface area (Å²) in [7, 11) is 0. The Morgan fingerprint density at radius 1 is 1.10 bits per heavy atom. The highest BCUT2D eigenvalue weighted by Gasteiger charge is 2.51. The number of anilines is 1. The maximum atomic E-state index is 12.9. The molecule has 1 heterocycles. The predicted molar refractivity (Wildman–Crippen MR) is 80.1 cm³/mol. The summed E-state index contributed by atoms with van der Waals surface area (Å²) >= 11 is 0. The molecule has 0 aromatic heterocycles. The van der Waals surface area contributed by atoms with Crippen molar-refractivity contribution >= 4 is 17.5 Å². The maximum absolute atomic E-state index is 12.9. The van der Waals surface area contributed by atoms with Crippen molar-refractivity contribution in [3.63, 3.8) is 0 Å². The van der Waals surface area contributed by atoms with Gasteiger partial charge in [0.05, 0.1) is 11.1 Å². The Bertz CT molecular complexity index is 586. The smallest absolute Gasteiger partial charge is 0.240 e. The Morgan fingerprint density at radius 2 is 1.76 bits per heavy atom. The highest BCUT2D eigenvalue weighted by atomic mass is 16.3. The van der Waals surface area contributed by atoms with Crippen LogP contribution in [0.2, 0.25) is 0 Å². The van der Waals surface area contributed by atoms with Crippen LogP contribution in [-0.2, 0) is 9.59 Å². The molecule has 1 aliphatic carbocycles. The molecule has 1 aliphatic heterocycles. The van der Waals surface area contributed by atoms with E-state index in [1.807, 2.05) is 0 Å². The molecule has 1 N–H and O–H groups in total. The third kappa shape index (κ3) is 2.33. The Kier molecular flexibility index (Phi) is 3.47. The molecule has 0 unspecified atom stereocenters. The van der Waals surface area contributed by atoms with Crippen LogP contribution in [0, 0.1) is 12.3 Å². The summed E-state index contributed by atoms with van der Waals surface area (Å²) < 4.78 is 0. The first-order valence-electron chi connectivity index (χ1n) is 7.70. The van der Waals surface area contributed by atoms with E-state index in [9.17, 15) is 14.7 Å². The van der Waals surface area contributed by atoms with Gasteiger partial charge in [0.25, 0.3) is 0 Å². The van der Waals surface area contributed by atoms with Crippen molar-refractivity contribution in [3.8, 4) is 5.75 Å². The van der Waals surface area contributed by atoms with Gasteiger partial charge in [-0.2, -0.15) is 0 Å². The van der Waals surface area contributed by atoms with Gasteiger partial charge in [-0.25, -0.2) is 0 Å². The van der Waals surface area contributed by atoms with E-state index in [4.69, 9.17) is 0 Å².